The predicted octanol–water partition coefficient (Wildman–Crippen LogP) is 1.35. The first-order chi connectivity index (χ1) is 10.2. The van der Waals surface area contributed by atoms with Crippen molar-refractivity contribution in [1.29, 1.82) is 0 Å². The lowest BCUT2D eigenvalue weighted by Crippen LogP contribution is -2.52. The summed E-state index contributed by atoms with van der Waals surface area (Å²) in [5.41, 5.74) is 6.02. The van der Waals surface area contributed by atoms with Crippen LogP contribution in [-0.2, 0) is 4.74 Å². The maximum Gasteiger partial charge on any atom is 0.258 e. The summed E-state index contributed by atoms with van der Waals surface area (Å²) in [5.74, 6) is -0.169. The number of carbonyl (C=O) groups excluding carboxylic acids is 1. The van der Waals surface area contributed by atoms with Gasteiger partial charge in [-0.15, -0.1) is 0 Å². The number of benzene rings is 2. The van der Waals surface area contributed by atoms with Gasteiger partial charge in [0.15, 0.2) is 0 Å². The second kappa shape index (κ2) is 5.71. The molecule has 21 heavy (non-hydrogen) atoms. The van der Waals surface area contributed by atoms with Gasteiger partial charge in [0.1, 0.15) is 5.75 Å². The molecule has 1 fully saturated rings. The van der Waals surface area contributed by atoms with Crippen molar-refractivity contribution in [3.8, 4) is 5.75 Å². The minimum absolute atomic E-state index is 0.0281. The lowest BCUT2D eigenvalue weighted by Gasteiger charge is -2.35. The van der Waals surface area contributed by atoms with Gasteiger partial charge in [0.25, 0.3) is 5.91 Å². The molecule has 0 radical (unpaired) electrons. The third-order valence-electron chi connectivity index (χ3n) is 3.89. The first kappa shape index (κ1) is 13.9. The fourth-order valence-electron chi connectivity index (χ4n) is 2.70. The van der Waals surface area contributed by atoms with Crippen molar-refractivity contribution in [2.24, 2.45) is 5.73 Å². The maximum atomic E-state index is 12.7. The quantitative estimate of drug-likeness (QED) is 0.873. The molecule has 1 unspecified atom stereocenters. The minimum Gasteiger partial charge on any atom is -0.506 e. The Labute approximate surface area is 122 Å². The Hall–Kier alpha value is -2.11. The van der Waals surface area contributed by atoms with Crippen LogP contribution in [0.4, 0.5) is 0 Å². The number of phenols is 1. The lowest BCUT2D eigenvalue weighted by molar-refractivity contribution is 0.000712. The van der Waals surface area contributed by atoms with Crippen LogP contribution in [0, 0.1) is 0 Å². The van der Waals surface area contributed by atoms with Crippen LogP contribution < -0.4 is 5.73 Å². The van der Waals surface area contributed by atoms with Crippen LogP contribution in [0.25, 0.3) is 10.8 Å². The number of hydrogen-bond acceptors (Lipinski definition) is 4. The normalized spacial score (nSPS) is 18.9. The molecular formula is C16H18N2O3. The van der Waals surface area contributed by atoms with Crippen LogP contribution in [0.5, 0.6) is 5.75 Å². The Kier molecular flexibility index (Phi) is 3.77. The van der Waals surface area contributed by atoms with E-state index in [4.69, 9.17) is 10.5 Å². The van der Waals surface area contributed by atoms with E-state index in [1.54, 1.807) is 17.0 Å². The molecule has 0 spiro atoms. The standard InChI is InChI=1S/C16H18N2O3/c17-9-12-10-21-8-7-18(12)16(20)14-6-5-11-3-1-2-4-13(11)15(14)19/h1-6,12,19H,7-10,17H2. The summed E-state index contributed by atoms with van der Waals surface area (Å²) in [7, 11) is 0. The molecule has 1 atom stereocenters. The van der Waals surface area contributed by atoms with Crippen LogP contribution in [-0.4, -0.2) is 48.3 Å². The second-order valence-electron chi connectivity index (χ2n) is 5.15. The van der Waals surface area contributed by atoms with Crippen LogP contribution in [0.1, 0.15) is 10.4 Å². The molecule has 5 heteroatoms. The number of hydrogen-bond donors (Lipinski definition) is 2. The highest BCUT2D eigenvalue weighted by molar-refractivity contribution is 6.03. The zero-order valence-electron chi connectivity index (χ0n) is 11.7. The summed E-state index contributed by atoms with van der Waals surface area (Å²) < 4.78 is 5.35. The molecule has 1 heterocycles. The molecule has 0 saturated carbocycles. The third kappa shape index (κ3) is 2.46. The molecule has 0 aromatic heterocycles. The molecule has 110 valence electrons. The third-order valence-corrected chi connectivity index (χ3v) is 3.89. The highest BCUT2D eigenvalue weighted by Crippen LogP contribution is 2.30. The van der Waals surface area contributed by atoms with E-state index in [0.717, 1.165) is 5.39 Å². The van der Waals surface area contributed by atoms with E-state index in [1.807, 2.05) is 24.3 Å². The highest BCUT2D eigenvalue weighted by Gasteiger charge is 2.28. The number of morpholine rings is 1. The van der Waals surface area contributed by atoms with Crippen molar-refractivity contribution in [2.45, 2.75) is 6.04 Å². The SMILES string of the molecule is NCC1COCCN1C(=O)c1ccc2ccccc2c1O. The number of aromatic hydroxyl groups is 1. The number of fused-ring (bicyclic) bond motifs is 1. The highest BCUT2D eigenvalue weighted by atomic mass is 16.5. The van der Waals surface area contributed by atoms with Gasteiger partial charge in [0.05, 0.1) is 24.8 Å². The lowest BCUT2D eigenvalue weighted by atomic mass is 10.0. The van der Waals surface area contributed by atoms with E-state index in [-0.39, 0.29) is 17.7 Å². The summed E-state index contributed by atoms with van der Waals surface area (Å²) in [6.07, 6.45) is 0. The number of phenolic OH excluding ortho intramolecular Hbond substituents is 1. The van der Waals surface area contributed by atoms with Gasteiger partial charge < -0.3 is 20.5 Å². The van der Waals surface area contributed by atoms with Crippen molar-refractivity contribution in [2.75, 3.05) is 26.3 Å². The molecule has 1 aliphatic rings. The van der Waals surface area contributed by atoms with Gasteiger partial charge in [0.2, 0.25) is 0 Å². The molecule has 0 bridgehead atoms. The summed E-state index contributed by atoms with van der Waals surface area (Å²) >= 11 is 0. The van der Waals surface area contributed by atoms with E-state index in [0.29, 0.717) is 37.3 Å². The van der Waals surface area contributed by atoms with Gasteiger partial charge in [0, 0.05) is 18.5 Å². The smallest absolute Gasteiger partial charge is 0.258 e. The number of rotatable bonds is 2. The number of nitrogens with two attached hydrogens (primary N) is 1. The van der Waals surface area contributed by atoms with Gasteiger partial charge in [-0.1, -0.05) is 30.3 Å². The summed E-state index contributed by atoms with van der Waals surface area (Å²) in [6, 6.07) is 10.8. The Morgan fingerprint density at radius 1 is 1.33 bits per heavy atom. The number of nitrogens with zero attached hydrogens (tertiary/aromatic N) is 1. The Morgan fingerprint density at radius 3 is 2.95 bits per heavy atom. The number of carbonyl (C=O) groups is 1. The van der Waals surface area contributed by atoms with Crippen LogP contribution in [0.3, 0.4) is 0 Å². The molecule has 5 nitrogen and oxygen atoms in total. The largest absolute Gasteiger partial charge is 0.506 e. The molecule has 2 aromatic rings. The van der Waals surface area contributed by atoms with E-state index in [9.17, 15) is 9.90 Å². The Morgan fingerprint density at radius 2 is 2.14 bits per heavy atom. The molecular weight excluding hydrogens is 268 g/mol. The zero-order chi connectivity index (χ0) is 14.8. The average Bonchev–Trinajstić information content (AvgIpc) is 2.55. The fourth-order valence-corrected chi connectivity index (χ4v) is 2.70. The summed E-state index contributed by atoms with van der Waals surface area (Å²) in [5, 5.41) is 12.0. The molecule has 1 aliphatic heterocycles. The van der Waals surface area contributed by atoms with Gasteiger partial charge in [-0.2, -0.15) is 0 Å². The van der Waals surface area contributed by atoms with Crippen molar-refractivity contribution >= 4 is 16.7 Å². The molecule has 1 amide bonds. The van der Waals surface area contributed by atoms with Crippen molar-refractivity contribution < 1.29 is 14.6 Å². The summed E-state index contributed by atoms with van der Waals surface area (Å²) in [4.78, 5) is 14.4. The zero-order valence-corrected chi connectivity index (χ0v) is 11.7. The number of amides is 1. The first-order valence-electron chi connectivity index (χ1n) is 7.02. The molecule has 3 rings (SSSR count). The second-order valence-corrected chi connectivity index (χ2v) is 5.15. The van der Waals surface area contributed by atoms with Crippen LogP contribution in [0.15, 0.2) is 36.4 Å². The van der Waals surface area contributed by atoms with Gasteiger partial charge >= 0.3 is 0 Å². The molecule has 1 saturated heterocycles. The Bertz CT molecular complexity index is 672. The van der Waals surface area contributed by atoms with E-state index in [2.05, 4.69) is 0 Å². The molecule has 0 aliphatic carbocycles. The van der Waals surface area contributed by atoms with Crippen LogP contribution >= 0.6 is 0 Å². The van der Waals surface area contributed by atoms with E-state index in [1.165, 1.54) is 0 Å². The van der Waals surface area contributed by atoms with Gasteiger partial charge in [-0.05, 0) is 11.5 Å². The minimum atomic E-state index is -0.197. The van der Waals surface area contributed by atoms with Crippen LogP contribution in [0.2, 0.25) is 0 Å². The molecule has 3 N–H and O–H groups in total. The molecule has 2 aromatic carbocycles. The average molecular weight is 286 g/mol. The fraction of sp³-hybridized carbons (Fsp3) is 0.312. The van der Waals surface area contributed by atoms with Crippen molar-refractivity contribution in [1.82, 2.24) is 4.90 Å². The first-order valence-corrected chi connectivity index (χ1v) is 7.02. The topological polar surface area (TPSA) is 75.8 Å². The van der Waals surface area contributed by atoms with E-state index >= 15 is 0 Å². The van der Waals surface area contributed by atoms with Crippen molar-refractivity contribution in [3.05, 3.63) is 42.0 Å². The van der Waals surface area contributed by atoms with E-state index < -0.39 is 0 Å². The predicted molar refractivity (Wildman–Crippen MR) is 80.3 cm³/mol. The number of ether oxygens (including phenoxy) is 1. The van der Waals surface area contributed by atoms with Gasteiger partial charge in [-0.3, -0.25) is 4.79 Å². The van der Waals surface area contributed by atoms with Crippen molar-refractivity contribution in [3.63, 3.8) is 0 Å². The van der Waals surface area contributed by atoms with Gasteiger partial charge in [-0.25, -0.2) is 0 Å². The Balaban J connectivity index is 1.99. The monoisotopic (exact) mass is 286 g/mol. The maximum absolute atomic E-state index is 12.7. The summed E-state index contributed by atoms with van der Waals surface area (Å²) in [6.45, 7) is 1.78.